The molecule has 2 aromatic carbocycles. The Morgan fingerprint density at radius 1 is 1.05 bits per heavy atom. The van der Waals surface area contributed by atoms with Gasteiger partial charge in [-0.2, -0.15) is 0 Å². The molecule has 0 aromatic heterocycles. The molecular weight excluding hydrogens is 262 g/mol. The van der Waals surface area contributed by atoms with Crippen LogP contribution in [-0.4, -0.2) is 37.2 Å². The second-order valence-corrected chi connectivity index (χ2v) is 7.08. The van der Waals surface area contributed by atoms with Crippen molar-refractivity contribution in [3.8, 4) is 0 Å². The molecule has 0 radical (unpaired) electrons. The van der Waals surface area contributed by atoms with Crippen LogP contribution in [0, 0.1) is 0 Å². The lowest BCUT2D eigenvalue weighted by molar-refractivity contribution is 0.190. The Bertz CT molecular complexity index is 706. The molecule has 3 rings (SSSR count). The molecule has 0 amide bonds. The summed E-state index contributed by atoms with van der Waals surface area (Å²) in [5, 5.41) is 15.1. The molecule has 5 heteroatoms. The molecule has 0 spiro atoms. The van der Waals surface area contributed by atoms with Gasteiger partial charge in [0.15, 0.2) is 9.84 Å². The van der Waals surface area contributed by atoms with Crippen molar-refractivity contribution in [1.29, 1.82) is 0 Å². The summed E-state index contributed by atoms with van der Waals surface area (Å²) in [6.45, 7) is 0. The van der Waals surface area contributed by atoms with E-state index in [1.165, 1.54) is 0 Å². The van der Waals surface area contributed by atoms with Crippen molar-refractivity contribution in [3.05, 3.63) is 42.5 Å². The minimum Gasteiger partial charge on any atom is -0.390 e. The third-order valence-electron chi connectivity index (χ3n) is 3.45. The highest BCUT2D eigenvalue weighted by Crippen LogP contribution is 2.25. The quantitative estimate of drug-likeness (QED) is 0.871. The van der Waals surface area contributed by atoms with Gasteiger partial charge in [0.2, 0.25) is 0 Å². The Morgan fingerprint density at radius 2 is 1.79 bits per heavy atom. The molecule has 0 aliphatic carbocycles. The summed E-state index contributed by atoms with van der Waals surface area (Å²) in [4.78, 5) is 0. The van der Waals surface area contributed by atoms with Gasteiger partial charge in [-0.1, -0.05) is 36.4 Å². The number of fused-ring (bicyclic) bond motifs is 1. The topological polar surface area (TPSA) is 66.4 Å². The zero-order valence-corrected chi connectivity index (χ0v) is 11.1. The monoisotopic (exact) mass is 277 g/mol. The Kier molecular flexibility index (Phi) is 2.95. The number of sulfone groups is 1. The lowest BCUT2D eigenvalue weighted by Crippen LogP contribution is -2.31. The van der Waals surface area contributed by atoms with Gasteiger partial charge < -0.3 is 10.4 Å². The van der Waals surface area contributed by atoms with Crippen LogP contribution in [0.3, 0.4) is 0 Å². The molecule has 0 bridgehead atoms. The van der Waals surface area contributed by atoms with Crippen molar-refractivity contribution < 1.29 is 13.5 Å². The van der Waals surface area contributed by atoms with E-state index in [4.69, 9.17) is 0 Å². The SMILES string of the molecule is O=S1(=O)CC(O)C(Nc2cccc3ccccc23)C1. The fourth-order valence-corrected chi connectivity index (χ4v) is 4.26. The van der Waals surface area contributed by atoms with Crippen LogP contribution in [0.1, 0.15) is 0 Å². The molecule has 0 saturated carbocycles. The molecule has 100 valence electrons. The Labute approximate surface area is 112 Å². The summed E-state index contributed by atoms with van der Waals surface area (Å²) in [6, 6.07) is 13.3. The van der Waals surface area contributed by atoms with Crippen LogP contribution in [0.5, 0.6) is 0 Å². The first-order valence-corrected chi connectivity index (χ1v) is 8.00. The molecule has 1 heterocycles. The summed E-state index contributed by atoms with van der Waals surface area (Å²) in [5.41, 5.74) is 0.860. The average molecular weight is 277 g/mol. The number of aliphatic hydroxyl groups excluding tert-OH is 1. The van der Waals surface area contributed by atoms with E-state index >= 15 is 0 Å². The van der Waals surface area contributed by atoms with Gasteiger partial charge in [-0.25, -0.2) is 8.42 Å². The second-order valence-electron chi connectivity index (χ2n) is 4.92. The fourth-order valence-electron chi connectivity index (χ4n) is 2.52. The van der Waals surface area contributed by atoms with E-state index in [0.717, 1.165) is 16.5 Å². The summed E-state index contributed by atoms with van der Waals surface area (Å²) >= 11 is 0. The first-order chi connectivity index (χ1) is 9.05. The van der Waals surface area contributed by atoms with E-state index in [0.29, 0.717) is 0 Å². The number of benzene rings is 2. The van der Waals surface area contributed by atoms with Gasteiger partial charge in [0.1, 0.15) is 0 Å². The number of rotatable bonds is 2. The first-order valence-electron chi connectivity index (χ1n) is 6.18. The first kappa shape index (κ1) is 12.4. The Hall–Kier alpha value is -1.59. The smallest absolute Gasteiger partial charge is 0.155 e. The number of hydrogen-bond acceptors (Lipinski definition) is 4. The maximum Gasteiger partial charge on any atom is 0.155 e. The second kappa shape index (κ2) is 4.51. The normalized spacial score (nSPS) is 25.5. The van der Waals surface area contributed by atoms with Gasteiger partial charge in [-0.05, 0) is 11.5 Å². The minimum atomic E-state index is -3.13. The predicted molar refractivity (Wildman–Crippen MR) is 76.0 cm³/mol. The van der Waals surface area contributed by atoms with Crippen molar-refractivity contribution in [3.63, 3.8) is 0 Å². The van der Waals surface area contributed by atoms with Gasteiger partial charge in [0.05, 0.1) is 23.7 Å². The third-order valence-corrected chi connectivity index (χ3v) is 5.17. The minimum absolute atomic E-state index is 0.0165. The Morgan fingerprint density at radius 3 is 2.53 bits per heavy atom. The van der Waals surface area contributed by atoms with Crippen LogP contribution < -0.4 is 5.32 Å². The van der Waals surface area contributed by atoms with E-state index in [-0.39, 0.29) is 11.5 Å². The van der Waals surface area contributed by atoms with Gasteiger partial charge in [-0.3, -0.25) is 0 Å². The van der Waals surface area contributed by atoms with E-state index in [2.05, 4.69) is 5.32 Å². The van der Waals surface area contributed by atoms with Gasteiger partial charge in [-0.15, -0.1) is 0 Å². The molecule has 2 N–H and O–H groups in total. The van der Waals surface area contributed by atoms with Crippen LogP contribution in [0.25, 0.3) is 10.8 Å². The summed E-state index contributed by atoms with van der Waals surface area (Å²) in [7, 11) is -3.13. The Balaban J connectivity index is 1.94. The molecule has 19 heavy (non-hydrogen) atoms. The molecule has 2 atom stereocenters. The highest BCUT2D eigenvalue weighted by Gasteiger charge is 2.36. The van der Waals surface area contributed by atoms with Crippen molar-refractivity contribution in [2.24, 2.45) is 0 Å². The largest absolute Gasteiger partial charge is 0.390 e. The number of aliphatic hydroxyl groups is 1. The van der Waals surface area contributed by atoms with Crippen molar-refractivity contribution in [2.75, 3.05) is 16.8 Å². The van der Waals surface area contributed by atoms with E-state index < -0.39 is 22.0 Å². The van der Waals surface area contributed by atoms with Crippen molar-refractivity contribution in [1.82, 2.24) is 0 Å². The maximum atomic E-state index is 11.5. The summed E-state index contributed by atoms with van der Waals surface area (Å²) in [6.07, 6.45) is -0.844. The number of nitrogens with one attached hydrogen (secondary N) is 1. The molecule has 2 aromatic rings. The number of anilines is 1. The average Bonchev–Trinajstić information content (AvgIpc) is 2.63. The zero-order valence-electron chi connectivity index (χ0n) is 10.3. The van der Waals surface area contributed by atoms with Crippen LogP contribution in [0.4, 0.5) is 5.69 Å². The third kappa shape index (κ3) is 2.43. The highest BCUT2D eigenvalue weighted by atomic mass is 32.2. The molecule has 4 nitrogen and oxygen atoms in total. The van der Waals surface area contributed by atoms with E-state index in [1.807, 2.05) is 42.5 Å². The van der Waals surface area contributed by atoms with Crippen molar-refractivity contribution in [2.45, 2.75) is 12.1 Å². The summed E-state index contributed by atoms with van der Waals surface area (Å²) < 4.78 is 23.0. The van der Waals surface area contributed by atoms with E-state index in [1.54, 1.807) is 0 Å². The lowest BCUT2D eigenvalue weighted by atomic mass is 10.1. The highest BCUT2D eigenvalue weighted by molar-refractivity contribution is 7.91. The standard InChI is InChI=1S/C14H15NO3S/c16-14-9-19(17,18)8-13(14)15-12-7-3-5-10-4-1-2-6-11(10)12/h1-7,13-16H,8-9H2. The zero-order chi connectivity index (χ0) is 13.5. The van der Waals surface area contributed by atoms with Crippen LogP contribution in [-0.2, 0) is 9.84 Å². The molecule has 1 aliphatic heterocycles. The van der Waals surface area contributed by atoms with Gasteiger partial charge in [0.25, 0.3) is 0 Å². The molecule has 1 aliphatic rings. The van der Waals surface area contributed by atoms with Crippen LogP contribution >= 0.6 is 0 Å². The van der Waals surface area contributed by atoms with E-state index in [9.17, 15) is 13.5 Å². The fraction of sp³-hybridized carbons (Fsp3) is 0.286. The van der Waals surface area contributed by atoms with Crippen molar-refractivity contribution >= 4 is 26.3 Å². The predicted octanol–water partition coefficient (Wildman–Crippen LogP) is 1.41. The van der Waals surface area contributed by atoms with Gasteiger partial charge in [0, 0.05) is 11.1 Å². The van der Waals surface area contributed by atoms with Gasteiger partial charge >= 0.3 is 0 Å². The molecule has 1 saturated heterocycles. The maximum absolute atomic E-state index is 11.5. The van der Waals surface area contributed by atoms with Crippen LogP contribution in [0.15, 0.2) is 42.5 Å². The van der Waals surface area contributed by atoms with Crippen LogP contribution in [0.2, 0.25) is 0 Å². The lowest BCUT2D eigenvalue weighted by Gasteiger charge is -2.17. The molecular formula is C14H15NO3S. The molecule has 2 unspecified atom stereocenters. The molecule has 1 fully saturated rings. The number of hydrogen-bond donors (Lipinski definition) is 2. The summed E-state index contributed by atoms with van der Waals surface area (Å²) in [5.74, 6) is -0.174.